The average Bonchev–Trinajstić information content (AvgIpc) is 3.05. The van der Waals surface area contributed by atoms with E-state index in [4.69, 9.17) is 0 Å². The quantitative estimate of drug-likeness (QED) is 0.840. The SMILES string of the molecule is Cc1nc2ncnn2c(C)c1CCC(=O)NC1CCS(=O)(=O)C1. The van der Waals surface area contributed by atoms with E-state index in [9.17, 15) is 13.2 Å². The Hall–Kier alpha value is -2.03. The van der Waals surface area contributed by atoms with Crippen LogP contribution in [0.3, 0.4) is 0 Å². The van der Waals surface area contributed by atoms with Crippen molar-refractivity contribution in [3.05, 3.63) is 23.3 Å². The molecule has 1 unspecified atom stereocenters. The summed E-state index contributed by atoms with van der Waals surface area (Å²) in [6, 6.07) is -0.259. The van der Waals surface area contributed by atoms with Crippen LogP contribution in [0, 0.1) is 13.8 Å². The van der Waals surface area contributed by atoms with Crippen LogP contribution >= 0.6 is 0 Å². The van der Waals surface area contributed by atoms with Crippen molar-refractivity contribution in [1.29, 1.82) is 0 Å². The second-order valence-corrected chi connectivity index (χ2v) is 8.13. The molecule has 1 aliphatic heterocycles. The molecule has 124 valence electrons. The van der Waals surface area contributed by atoms with Crippen LogP contribution in [-0.4, -0.2) is 51.5 Å². The molecule has 1 amide bonds. The van der Waals surface area contributed by atoms with E-state index >= 15 is 0 Å². The number of amides is 1. The van der Waals surface area contributed by atoms with Gasteiger partial charge in [0.1, 0.15) is 6.33 Å². The summed E-state index contributed by atoms with van der Waals surface area (Å²) in [6.07, 6.45) is 2.77. The maximum absolute atomic E-state index is 12.1. The molecule has 0 saturated carbocycles. The van der Waals surface area contributed by atoms with Crippen molar-refractivity contribution in [2.75, 3.05) is 11.5 Å². The van der Waals surface area contributed by atoms with E-state index in [-0.39, 0.29) is 23.5 Å². The van der Waals surface area contributed by atoms with Gasteiger partial charge in [0.05, 0.1) is 11.5 Å². The van der Waals surface area contributed by atoms with Gasteiger partial charge in [0.2, 0.25) is 5.91 Å². The Morgan fingerprint density at radius 3 is 2.91 bits per heavy atom. The van der Waals surface area contributed by atoms with Gasteiger partial charge in [-0.2, -0.15) is 10.1 Å². The van der Waals surface area contributed by atoms with Crippen molar-refractivity contribution in [3.63, 3.8) is 0 Å². The van der Waals surface area contributed by atoms with Gasteiger partial charge >= 0.3 is 0 Å². The summed E-state index contributed by atoms with van der Waals surface area (Å²) in [4.78, 5) is 20.5. The molecule has 1 fully saturated rings. The Balaban J connectivity index is 1.65. The maximum Gasteiger partial charge on any atom is 0.252 e. The van der Waals surface area contributed by atoms with E-state index < -0.39 is 9.84 Å². The van der Waals surface area contributed by atoms with E-state index in [1.54, 1.807) is 4.52 Å². The molecule has 2 aromatic heterocycles. The lowest BCUT2D eigenvalue weighted by atomic mass is 10.1. The smallest absolute Gasteiger partial charge is 0.252 e. The average molecular weight is 337 g/mol. The van der Waals surface area contributed by atoms with Gasteiger partial charge in [0.15, 0.2) is 9.84 Å². The zero-order chi connectivity index (χ0) is 16.6. The van der Waals surface area contributed by atoms with E-state index in [1.807, 2.05) is 13.8 Å². The first-order valence-electron chi connectivity index (χ1n) is 7.51. The molecule has 0 aromatic carbocycles. The molecule has 1 saturated heterocycles. The van der Waals surface area contributed by atoms with Crippen LogP contribution in [0.1, 0.15) is 29.8 Å². The highest BCUT2D eigenvalue weighted by molar-refractivity contribution is 7.91. The zero-order valence-electron chi connectivity index (χ0n) is 13.1. The summed E-state index contributed by atoms with van der Waals surface area (Å²) in [5.74, 6) is 0.612. The summed E-state index contributed by atoms with van der Waals surface area (Å²) in [7, 11) is -2.98. The van der Waals surface area contributed by atoms with Gasteiger partial charge in [0, 0.05) is 23.9 Å². The summed E-state index contributed by atoms with van der Waals surface area (Å²) in [5.41, 5.74) is 2.72. The second kappa shape index (κ2) is 5.88. The third kappa shape index (κ3) is 3.34. The first-order valence-corrected chi connectivity index (χ1v) is 9.33. The third-order valence-corrected chi connectivity index (χ3v) is 5.96. The highest BCUT2D eigenvalue weighted by Crippen LogP contribution is 2.16. The standard InChI is InChI=1S/C14H19N5O3S/c1-9-12(10(2)19-14(17-9)15-8-16-19)3-4-13(20)18-11-5-6-23(21,22)7-11/h8,11H,3-7H2,1-2H3,(H,18,20). The molecule has 1 N–H and O–H groups in total. The number of fused-ring (bicyclic) bond motifs is 1. The summed E-state index contributed by atoms with van der Waals surface area (Å²) in [5, 5.41) is 6.92. The molecule has 1 aliphatic rings. The van der Waals surface area contributed by atoms with Crippen molar-refractivity contribution in [2.45, 2.75) is 39.2 Å². The highest BCUT2D eigenvalue weighted by atomic mass is 32.2. The predicted molar refractivity (Wildman–Crippen MR) is 83.8 cm³/mol. The number of nitrogens with zero attached hydrogens (tertiary/aromatic N) is 4. The monoisotopic (exact) mass is 337 g/mol. The minimum atomic E-state index is -2.98. The van der Waals surface area contributed by atoms with Gasteiger partial charge in [-0.25, -0.2) is 17.9 Å². The lowest BCUT2D eigenvalue weighted by Gasteiger charge is -2.13. The predicted octanol–water partition coefficient (Wildman–Crippen LogP) is -0.0230. The van der Waals surface area contributed by atoms with Gasteiger partial charge in [-0.15, -0.1) is 0 Å². The Labute approximate surface area is 134 Å². The molecule has 0 bridgehead atoms. The number of hydrogen-bond acceptors (Lipinski definition) is 6. The van der Waals surface area contributed by atoms with Crippen LogP contribution in [0.5, 0.6) is 0 Å². The Bertz CT molecular complexity index is 859. The molecule has 9 heteroatoms. The lowest BCUT2D eigenvalue weighted by Crippen LogP contribution is -2.35. The maximum atomic E-state index is 12.1. The molecule has 3 rings (SSSR count). The Kier molecular flexibility index (Phi) is 4.05. The number of rotatable bonds is 4. The van der Waals surface area contributed by atoms with Crippen LogP contribution in [0.25, 0.3) is 5.78 Å². The second-order valence-electron chi connectivity index (χ2n) is 5.90. The Morgan fingerprint density at radius 1 is 1.43 bits per heavy atom. The molecular weight excluding hydrogens is 318 g/mol. The normalized spacial score (nSPS) is 20.0. The van der Waals surface area contributed by atoms with Gasteiger partial charge < -0.3 is 5.32 Å². The molecule has 0 aliphatic carbocycles. The van der Waals surface area contributed by atoms with Crippen LogP contribution in [0.15, 0.2) is 6.33 Å². The van der Waals surface area contributed by atoms with Crippen molar-refractivity contribution in [2.24, 2.45) is 0 Å². The number of nitrogens with one attached hydrogen (secondary N) is 1. The number of aromatic nitrogens is 4. The van der Waals surface area contributed by atoms with Crippen LogP contribution in [0.2, 0.25) is 0 Å². The molecule has 0 radical (unpaired) electrons. The fourth-order valence-electron chi connectivity index (χ4n) is 2.96. The van der Waals surface area contributed by atoms with Crippen LogP contribution < -0.4 is 5.32 Å². The minimum Gasteiger partial charge on any atom is -0.352 e. The van der Waals surface area contributed by atoms with E-state index in [0.29, 0.717) is 25.0 Å². The van der Waals surface area contributed by atoms with Crippen LogP contribution in [-0.2, 0) is 21.1 Å². The largest absolute Gasteiger partial charge is 0.352 e. The molecule has 3 heterocycles. The van der Waals surface area contributed by atoms with Gasteiger partial charge in [-0.3, -0.25) is 4.79 Å². The van der Waals surface area contributed by atoms with Crippen molar-refractivity contribution in [3.8, 4) is 0 Å². The summed E-state index contributed by atoms with van der Waals surface area (Å²) < 4.78 is 24.5. The van der Waals surface area contributed by atoms with Crippen molar-refractivity contribution >= 4 is 21.5 Å². The molecule has 2 aromatic rings. The van der Waals surface area contributed by atoms with Crippen LogP contribution in [0.4, 0.5) is 0 Å². The number of hydrogen-bond donors (Lipinski definition) is 1. The van der Waals surface area contributed by atoms with E-state index in [2.05, 4.69) is 20.4 Å². The first-order chi connectivity index (χ1) is 10.9. The first kappa shape index (κ1) is 15.9. The number of carbonyl (C=O) groups is 1. The van der Waals surface area contributed by atoms with Crippen molar-refractivity contribution in [1.82, 2.24) is 24.9 Å². The van der Waals surface area contributed by atoms with E-state index in [1.165, 1.54) is 6.33 Å². The topological polar surface area (TPSA) is 106 Å². The minimum absolute atomic E-state index is 0.0449. The molecule has 8 nitrogen and oxygen atoms in total. The van der Waals surface area contributed by atoms with Gasteiger partial charge in [-0.1, -0.05) is 0 Å². The fourth-order valence-corrected chi connectivity index (χ4v) is 4.64. The Morgan fingerprint density at radius 2 is 2.22 bits per heavy atom. The third-order valence-electron chi connectivity index (χ3n) is 4.19. The molecule has 0 spiro atoms. The van der Waals surface area contributed by atoms with Crippen molar-refractivity contribution < 1.29 is 13.2 Å². The van der Waals surface area contributed by atoms with Gasteiger partial charge in [-0.05, 0) is 32.3 Å². The molecular formula is C14H19N5O3S. The zero-order valence-corrected chi connectivity index (χ0v) is 13.9. The highest BCUT2D eigenvalue weighted by Gasteiger charge is 2.28. The number of carbonyl (C=O) groups excluding carboxylic acids is 1. The molecule has 1 atom stereocenters. The summed E-state index contributed by atoms with van der Waals surface area (Å²) >= 11 is 0. The fraction of sp³-hybridized carbons (Fsp3) is 0.571. The molecule has 23 heavy (non-hydrogen) atoms. The van der Waals surface area contributed by atoms with Gasteiger partial charge in [0.25, 0.3) is 5.78 Å². The summed E-state index contributed by atoms with van der Waals surface area (Å²) in [6.45, 7) is 3.81. The number of aryl methyl sites for hydroxylation is 2. The number of sulfone groups is 1. The lowest BCUT2D eigenvalue weighted by molar-refractivity contribution is -0.121. The van der Waals surface area contributed by atoms with E-state index in [0.717, 1.165) is 17.0 Å².